The van der Waals surface area contributed by atoms with Gasteiger partial charge in [-0.25, -0.2) is 24.7 Å². The van der Waals surface area contributed by atoms with Crippen LogP contribution >= 0.6 is 0 Å². The van der Waals surface area contributed by atoms with E-state index >= 15 is 0 Å². The zero-order valence-electron chi connectivity index (χ0n) is 13.9. The van der Waals surface area contributed by atoms with Gasteiger partial charge >= 0.3 is 6.09 Å². The topological polar surface area (TPSA) is 81.1 Å². The number of aromatic nitrogens is 4. The normalized spacial score (nSPS) is 17.5. The fourth-order valence-electron chi connectivity index (χ4n) is 2.57. The summed E-state index contributed by atoms with van der Waals surface area (Å²) in [6.45, 7) is 5.97. The van der Waals surface area contributed by atoms with Gasteiger partial charge in [0.05, 0.1) is 11.4 Å². The smallest absolute Gasteiger partial charge is 0.411 e. The van der Waals surface area contributed by atoms with Crippen LogP contribution in [-0.2, 0) is 4.74 Å². The van der Waals surface area contributed by atoms with Crippen LogP contribution in [0.5, 0.6) is 0 Å². The van der Waals surface area contributed by atoms with Crippen LogP contribution in [0, 0.1) is 0 Å². The van der Waals surface area contributed by atoms with Crippen molar-refractivity contribution in [2.75, 3.05) is 6.54 Å². The van der Waals surface area contributed by atoms with Crippen LogP contribution in [0.1, 0.15) is 38.2 Å². The van der Waals surface area contributed by atoms with Gasteiger partial charge < -0.3 is 4.74 Å². The number of rotatable bonds is 2. The molecule has 1 atom stereocenters. The molecule has 0 spiro atoms. The van der Waals surface area contributed by atoms with Crippen LogP contribution < -0.4 is 0 Å². The highest BCUT2D eigenvalue weighted by molar-refractivity contribution is 5.79. The Morgan fingerprint density at radius 2 is 1.88 bits per heavy atom. The summed E-state index contributed by atoms with van der Waals surface area (Å²) in [5, 5.41) is 0. The lowest BCUT2D eigenvalue weighted by Crippen LogP contribution is -2.37. The molecule has 1 aliphatic rings. The van der Waals surface area contributed by atoms with Crippen molar-refractivity contribution in [2.24, 2.45) is 0 Å². The number of ether oxygens (including phenoxy) is 1. The summed E-state index contributed by atoms with van der Waals surface area (Å²) in [6.07, 6.45) is 7.88. The quantitative estimate of drug-likeness (QED) is 0.844. The lowest BCUT2D eigenvalue weighted by molar-refractivity contribution is 0.0242. The van der Waals surface area contributed by atoms with Gasteiger partial charge in [-0.2, -0.15) is 0 Å². The Morgan fingerprint density at radius 3 is 2.46 bits per heavy atom. The molecule has 1 aliphatic heterocycles. The number of carbonyl (C=O) groups is 1. The molecule has 24 heavy (non-hydrogen) atoms. The molecule has 0 saturated carbocycles. The van der Waals surface area contributed by atoms with Crippen molar-refractivity contribution in [2.45, 2.75) is 32.4 Å². The van der Waals surface area contributed by atoms with Crippen LogP contribution in [0.3, 0.4) is 0 Å². The average Bonchev–Trinajstić information content (AvgIpc) is 3.00. The van der Waals surface area contributed by atoms with E-state index in [1.807, 2.05) is 32.9 Å². The van der Waals surface area contributed by atoms with E-state index in [1.54, 1.807) is 23.4 Å². The molecular formula is C17H19N5O2. The molecule has 7 nitrogen and oxygen atoms in total. The molecule has 0 bridgehead atoms. The van der Waals surface area contributed by atoms with Gasteiger partial charge in [-0.1, -0.05) is 6.08 Å². The van der Waals surface area contributed by atoms with E-state index in [4.69, 9.17) is 4.74 Å². The second kappa shape index (κ2) is 6.35. The highest BCUT2D eigenvalue weighted by atomic mass is 16.6. The Balaban J connectivity index is 1.96. The summed E-state index contributed by atoms with van der Waals surface area (Å²) < 4.78 is 5.54. The largest absolute Gasteiger partial charge is 0.444 e. The highest BCUT2D eigenvalue weighted by Gasteiger charge is 2.36. The summed E-state index contributed by atoms with van der Waals surface area (Å²) in [5.41, 5.74) is 1.82. The van der Waals surface area contributed by atoms with Crippen molar-refractivity contribution >= 4 is 11.7 Å². The molecule has 1 unspecified atom stereocenters. The van der Waals surface area contributed by atoms with Crippen LogP contribution in [0.4, 0.5) is 4.79 Å². The van der Waals surface area contributed by atoms with E-state index in [9.17, 15) is 4.79 Å². The Kier molecular flexibility index (Phi) is 4.24. The SMILES string of the molecule is CC(C)(C)OC(=O)N1CC=C(c2ccncn2)C1c1ccncn1. The van der Waals surface area contributed by atoms with Gasteiger partial charge in [0.15, 0.2) is 0 Å². The van der Waals surface area contributed by atoms with Gasteiger partial charge in [0.2, 0.25) is 0 Å². The van der Waals surface area contributed by atoms with Crippen LogP contribution in [0.2, 0.25) is 0 Å². The van der Waals surface area contributed by atoms with Gasteiger partial charge in [0, 0.05) is 24.5 Å². The van der Waals surface area contributed by atoms with E-state index < -0.39 is 5.60 Å². The third kappa shape index (κ3) is 3.40. The molecule has 1 amide bonds. The molecule has 3 heterocycles. The van der Waals surface area contributed by atoms with Gasteiger partial charge in [0.1, 0.15) is 24.3 Å². The Labute approximate surface area is 140 Å². The average molecular weight is 325 g/mol. The highest BCUT2D eigenvalue weighted by Crippen LogP contribution is 2.38. The second-order valence-corrected chi connectivity index (χ2v) is 6.42. The molecule has 0 aliphatic carbocycles. The summed E-state index contributed by atoms with van der Waals surface area (Å²) in [4.78, 5) is 30.8. The van der Waals surface area contributed by atoms with Gasteiger partial charge in [0.25, 0.3) is 0 Å². The molecule has 0 saturated heterocycles. The molecule has 0 radical (unpaired) electrons. The summed E-state index contributed by atoms with van der Waals surface area (Å²) in [5.74, 6) is 0. The minimum atomic E-state index is -0.565. The molecule has 2 aromatic heterocycles. The molecule has 0 N–H and O–H groups in total. The molecular weight excluding hydrogens is 306 g/mol. The predicted octanol–water partition coefficient (Wildman–Crippen LogP) is 2.64. The number of nitrogens with zero attached hydrogens (tertiary/aromatic N) is 5. The molecule has 3 rings (SSSR count). The van der Waals surface area contributed by atoms with Crippen LogP contribution in [0.25, 0.3) is 5.57 Å². The first-order chi connectivity index (χ1) is 11.5. The van der Waals surface area contributed by atoms with Gasteiger partial charge in [-0.05, 0) is 32.9 Å². The first-order valence-electron chi connectivity index (χ1n) is 7.68. The maximum absolute atomic E-state index is 12.6. The third-order valence-corrected chi connectivity index (χ3v) is 3.50. The number of hydrogen-bond donors (Lipinski definition) is 0. The fourth-order valence-corrected chi connectivity index (χ4v) is 2.57. The van der Waals surface area contributed by atoms with E-state index in [0.29, 0.717) is 6.54 Å². The van der Waals surface area contributed by atoms with E-state index in [1.165, 1.54) is 12.7 Å². The van der Waals surface area contributed by atoms with E-state index in [0.717, 1.165) is 17.0 Å². The lowest BCUT2D eigenvalue weighted by atomic mass is 10.0. The Morgan fingerprint density at radius 1 is 1.17 bits per heavy atom. The minimum absolute atomic E-state index is 0.363. The number of amides is 1. The van der Waals surface area contributed by atoms with Crippen molar-refractivity contribution in [1.82, 2.24) is 24.8 Å². The standard InChI is InChI=1S/C17H19N5O2/c1-17(2,3)24-16(23)22-9-6-12(13-4-7-18-10-20-13)15(22)14-5-8-19-11-21-14/h4-8,10-11,15H,9H2,1-3H3. The maximum Gasteiger partial charge on any atom is 0.411 e. The first-order valence-corrected chi connectivity index (χ1v) is 7.68. The van der Waals surface area contributed by atoms with Gasteiger partial charge in [-0.3, -0.25) is 4.90 Å². The molecule has 2 aromatic rings. The van der Waals surface area contributed by atoms with Crippen molar-refractivity contribution in [3.05, 3.63) is 54.6 Å². The number of carbonyl (C=O) groups excluding carboxylic acids is 1. The van der Waals surface area contributed by atoms with E-state index in [-0.39, 0.29) is 12.1 Å². The van der Waals surface area contributed by atoms with Crippen LogP contribution in [-0.4, -0.2) is 43.1 Å². The third-order valence-electron chi connectivity index (χ3n) is 3.50. The van der Waals surface area contributed by atoms with Crippen LogP contribution in [0.15, 0.2) is 43.3 Å². The van der Waals surface area contributed by atoms with Crippen molar-refractivity contribution in [3.63, 3.8) is 0 Å². The second-order valence-electron chi connectivity index (χ2n) is 6.42. The van der Waals surface area contributed by atoms with Crippen molar-refractivity contribution < 1.29 is 9.53 Å². The zero-order valence-corrected chi connectivity index (χ0v) is 13.9. The summed E-state index contributed by atoms with van der Waals surface area (Å²) >= 11 is 0. The summed E-state index contributed by atoms with van der Waals surface area (Å²) in [7, 11) is 0. The van der Waals surface area contributed by atoms with E-state index in [2.05, 4.69) is 19.9 Å². The van der Waals surface area contributed by atoms with Crippen molar-refractivity contribution in [1.29, 1.82) is 0 Å². The van der Waals surface area contributed by atoms with Crippen molar-refractivity contribution in [3.8, 4) is 0 Å². The fraction of sp³-hybridized carbons (Fsp3) is 0.353. The maximum atomic E-state index is 12.6. The Hall–Kier alpha value is -2.83. The zero-order chi connectivity index (χ0) is 17.2. The lowest BCUT2D eigenvalue weighted by Gasteiger charge is -2.29. The number of hydrogen-bond acceptors (Lipinski definition) is 6. The Bertz CT molecular complexity index is 741. The minimum Gasteiger partial charge on any atom is -0.444 e. The monoisotopic (exact) mass is 325 g/mol. The molecule has 0 aromatic carbocycles. The van der Waals surface area contributed by atoms with Gasteiger partial charge in [-0.15, -0.1) is 0 Å². The first kappa shape index (κ1) is 16.0. The molecule has 124 valence electrons. The molecule has 0 fully saturated rings. The summed E-state index contributed by atoms with van der Waals surface area (Å²) in [6, 6.07) is 3.25. The molecule has 7 heteroatoms. The predicted molar refractivity (Wildman–Crippen MR) is 87.7 cm³/mol.